The summed E-state index contributed by atoms with van der Waals surface area (Å²) >= 11 is 0. The number of para-hydroxylation sites is 1. The van der Waals surface area contributed by atoms with Crippen LogP contribution in [0.4, 0.5) is 5.82 Å². The highest BCUT2D eigenvalue weighted by Crippen LogP contribution is 2.32. The molecule has 1 aromatic carbocycles. The number of aryl methyl sites for hydroxylation is 1. The fraction of sp³-hybridized carbons (Fsp3) is 0.500. The number of anilines is 1. The number of rotatable bonds is 3. The lowest BCUT2D eigenvalue weighted by atomic mass is 10.0. The molecule has 1 aromatic heterocycles. The lowest BCUT2D eigenvalue weighted by molar-refractivity contribution is 0.494. The Balaban J connectivity index is 2.00. The number of benzene rings is 1. The monoisotopic (exact) mass is 316 g/mol. The van der Waals surface area contributed by atoms with Crippen molar-refractivity contribution in [2.45, 2.75) is 38.4 Å². The van der Waals surface area contributed by atoms with Gasteiger partial charge in [0.1, 0.15) is 5.82 Å². The number of fused-ring (bicyclic) bond motifs is 1. The first kappa shape index (κ1) is 15.5. The van der Waals surface area contributed by atoms with Crippen LogP contribution in [0.3, 0.4) is 0 Å². The van der Waals surface area contributed by atoms with Crippen LogP contribution < -0.4 is 4.90 Å². The van der Waals surface area contributed by atoms with Crippen LogP contribution in [0.1, 0.15) is 32.3 Å². The molecule has 0 N–H and O–H groups in total. The molecule has 0 aliphatic carbocycles. The van der Waals surface area contributed by atoms with E-state index in [-0.39, 0.29) is 4.75 Å². The first-order valence-electron chi connectivity index (χ1n) is 8.09. The topological polar surface area (TPSA) is 33.2 Å². The van der Waals surface area contributed by atoms with Gasteiger partial charge in [-0.1, -0.05) is 32.0 Å². The van der Waals surface area contributed by atoms with Crippen molar-refractivity contribution in [3.63, 3.8) is 0 Å². The third-order valence-corrected chi connectivity index (χ3v) is 7.21. The van der Waals surface area contributed by atoms with Crippen molar-refractivity contribution < 1.29 is 4.21 Å². The van der Waals surface area contributed by atoms with E-state index in [2.05, 4.69) is 43.9 Å². The predicted octanol–water partition coefficient (Wildman–Crippen LogP) is 3.67. The highest BCUT2D eigenvalue weighted by atomic mass is 32.2. The van der Waals surface area contributed by atoms with Crippen molar-refractivity contribution in [3.8, 4) is 0 Å². The van der Waals surface area contributed by atoms with E-state index in [1.54, 1.807) is 0 Å². The maximum absolute atomic E-state index is 12.5. The van der Waals surface area contributed by atoms with Gasteiger partial charge < -0.3 is 4.90 Å². The van der Waals surface area contributed by atoms with E-state index in [1.165, 1.54) is 10.9 Å². The van der Waals surface area contributed by atoms with Gasteiger partial charge in [-0.15, -0.1) is 0 Å². The molecular weight excluding hydrogens is 292 g/mol. The lowest BCUT2D eigenvalue weighted by Gasteiger charge is -2.42. The molecule has 22 heavy (non-hydrogen) atoms. The maximum Gasteiger partial charge on any atom is 0.132 e. The van der Waals surface area contributed by atoms with Gasteiger partial charge in [-0.05, 0) is 37.5 Å². The molecule has 1 aliphatic heterocycles. The molecule has 0 radical (unpaired) electrons. The smallest absolute Gasteiger partial charge is 0.132 e. The van der Waals surface area contributed by atoms with Gasteiger partial charge in [-0.25, -0.2) is 4.98 Å². The summed E-state index contributed by atoms with van der Waals surface area (Å²) in [7, 11) is -0.734. The number of pyridine rings is 1. The van der Waals surface area contributed by atoms with Crippen molar-refractivity contribution in [1.29, 1.82) is 0 Å². The Kier molecular flexibility index (Phi) is 4.22. The molecule has 1 fully saturated rings. The summed E-state index contributed by atoms with van der Waals surface area (Å²) in [5.74, 6) is 1.80. The Morgan fingerprint density at radius 2 is 2.00 bits per heavy atom. The van der Waals surface area contributed by atoms with Crippen molar-refractivity contribution in [2.75, 3.05) is 23.7 Å². The Labute approximate surface area is 135 Å². The lowest BCUT2D eigenvalue weighted by Crippen LogP contribution is -2.53. The molecule has 2 aromatic rings. The van der Waals surface area contributed by atoms with Gasteiger partial charge in [0.2, 0.25) is 0 Å². The summed E-state index contributed by atoms with van der Waals surface area (Å²) in [6.07, 6.45) is 1.92. The second kappa shape index (κ2) is 5.99. The van der Waals surface area contributed by atoms with Crippen molar-refractivity contribution in [2.24, 2.45) is 0 Å². The minimum Gasteiger partial charge on any atom is -0.354 e. The van der Waals surface area contributed by atoms with Crippen LogP contribution in [0.15, 0.2) is 30.3 Å². The highest BCUT2D eigenvalue weighted by Gasteiger charge is 2.39. The number of aromatic nitrogens is 1. The van der Waals surface area contributed by atoms with Crippen LogP contribution in [0, 0.1) is 6.92 Å². The van der Waals surface area contributed by atoms with E-state index in [0.717, 1.165) is 43.0 Å². The normalized spacial score (nSPS) is 21.2. The Morgan fingerprint density at radius 1 is 1.27 bits per heavy atom. The van der Waals surface area contributed by atoms with Gasteiger partial charge in [0.15, 0.2) is 0 Å². The number of hydrogen-bond donors (Lipinski definition) is 0. The minimum atomic E-state index is -0.734. The van der Waals surface area contributed by atoms with E-state index in [9.17, 15) is 4.21 Å². The zero-order valence-electron chi connectivity index (χ0n) is 13.6. The molecule has 1 unspecified atom stereocenters. The molecule has 0 amide bonds. The molecule has 0 saturated carbocycles. The largest absolute Gasteiger partial charge is 0.354 e. The molecular formula is C18H24N2OS. The first-order chi connectivity index (χ1) is 10.6. The van der Waals surface area contributed by atoms with Gasteiger partial charge in [0, 0.05) is 35.0 Å². The van der Waals surface area contributed by atoms with Crippen LogP contribution in [-0.2, 0) is 10.8 Å². The van der Waals surface area contributed by atoms with E-state index < -0.39 is 10.8 Å². The first-order valence-corrected chi connectivity index (χ1v) is 9.41. The molecule has 0 spiro atoms. The summed E-state index contributed by atoms with van der Waals surface area (Å²) < 4.78 is 12.4. The van der Waals surface area contributed by atoms with Gasteiger partial charge in [-0.3, -0.25) is 4.21 Å². The third kappa shape index (κ3) is 2.54. The van der Waals surface area contributed by atoms with E-state index in [4.69, 9.17) is 4.98 Å². The predicted molar refractivity (Wildman–Crippen MR) is 95.0 cm³/mol. The van der Waals surface area contributed by atoms with Crippen LogP contribution in [0.2, 0.25) is 0 Å². The molecule has 1 atom stereocenters. The molecule has 118 valence electrons. The Morgan fingerprint density at radius 3 is 2.73 bits per heavy atom. The van der Waals surface area contributed by atoms with Crippen LogP contribution >= 0.6 is 0 Å². The Hall–Kier alpha value is -1.42. The zero-order valence-corrected chi connectivity index (χ0v) is 14.4. The van der Waals surface area contributed by atoms with Gasteiger partial charge in [0.05, 0.1) is 10.3 Å². The van der Waals surface area contributed by atoms with Crippen molar-refractivity contribution in [3.05, 3.63) is 35.9 Å². The van der Waals surface area contributed by atoms with E-state index in [1.807, 2.05) is 12.1 Å². The van der Waals surface area contributed by atoms with Crippen molar-refractivity contribution in [1.82, 2.24) is 4.98 Å². The highest BCUT2D eigenvalue weighted by molar-refractivity contribution is 7.86. The molecule has 3 nitrogen and oxygen atoms in total. The summed E-state index contributed by atoms with van der Waals surface area (Å²) in [5.41, 5.74) is 2.24. The molecule has 0 bridgehead atoms. The van der Waals surface area contributed by atoms with Gasteiger partial charge >= 0.3 is 0 Å². The van der Waals surface area contributed by atoms with Gasteiger partial charge in [0.25, 0.3) is 0 Å². The van der Waals surface area contributed by atoms with Crippen LogP contribution in [0.25, 0.3) is 10.9 Å². The molecule has 3 rings (SSSR count). The molecule has 4 heteroatoms. The van der Waals surface area contributed by atoms with Crippen LogP contribution in [-0.4, -0.2) is 32.8 Å². The summed E-state index contributed by atoms with van der Waals surface area (Å²) in [5, 5.41) is 1.18. The quantitative estimate of drug-likeness (QED) is 0.866. The summed E-state index contributed by atoms with van der Waals surface area (Å²) in [4.78, 5) is 7.23. The molecule has 2 heterocycles. The summed E-state index contributed by atoms with van der Waals surface area (Å²) in [6, 6.07) is 10.5. The average molecular weight is 316 g/mol. The van der Waals surface area contributed by atoms with Crippen molar-refractivity contribution >= 4 is 27.5 Å². The standard InChI is InChI=1S/C18H24N2OS/c1-4-18(5-2)13-20(10-11-22(18)21)17-14(3)12-15-8-6-7-9-16(15)19-17/h6-9,12H,4-5,10-11,13H2,1-3H3. The second-order valence-electron chi connectivity index (χ2n) is 6.18. The molecule has 1 saturated heterocycles. The molecule has 1 aliphatic rings. The SMILES string of the molecule is CCC1(CC)CN(c2nc3ccccc3cc2C)CCS1=O. The maximum atomic E-state index is 12.5. The third-order valence-electron chi connectivity index (χ3n) is 4.98. The minimum absolute atomic E-state index is 0.0853. The number of nitrogens with zero attached hydrogens (tertiary/aromatic N) is 2. The second-order valence-corrected chi connectivity index (χ2v) is 8.15. The average Bonchev–Trinajstić information content (AvgIpc) is 2.55. The van der Waals surface area contributed by atoms with E-state index >= 15 is 0 Å². The fourth-order valence-electron chi connectivity index (χ4n) is 3.42. The zero-order chi connectivity index (χ0) is 15.7. The van der Waals surface area contributed by atoms with E-state index in [0.29, 0.717) is 0 Å². The Bertz CT molecular complexity index is 709. The fourth-order valence-corrected chi connectivity index (χ4v) is 5.18. The van der Waals surface area contributed by atoms with Gasteiger partial charge in [-0.2, -0.15) is 0 Å². The summed E-state index contributed by atoms with van der Waals surface area (Å²) in [6.45, 7) is 8.12. The van der Waals surface area contributed by atoms with Crippen LogP contribution in [0.5, 0.6) is 0 Å². The number of hydrogen-bond acceptors (Lipinski definition) is 3.